The Balaban J connectivity index is 2.06. The highest BCUT2D eigenvalue weighted by molar-refractivity contribution is 5.86. The summed E-state index contributed by atoms with van der Waals surface area (Å²) in [6.45, 7) is 0.393. The molecule has 0 radical (unpaired) electrons. The van der Waals surface area contributed by atoms with E-state index in [1.165, 1.54) is 0 Å². The third-order valence-electron chi connectivity index (χ3n) is 4.51. The van der Waals surface area contributed by atoms with E-state index < -0.39 is 12.1 Å². The SMILES string of the molecule is COc1ccc([C@@H](CNC(=O)[C@@H](Cc2ccccc2)NC(N)=O)N(C)C)cc1. The molecule has 28 heavy (non-hydrogen) atoms. The van der Waals surface area contributed by atoms with Gasteiger partial charge in [0.2, 0.25) is 5.91 Å². The fourth-order valence-corrected chi connectivity index (χ4v) is 2.98. The number of nitrogens with one attached hydrogen (secondary N) is 2. The van der Waals surface area contributed by atoms with Crippen LogP contribution in [0.2, 0.25) is 0 Å². The third kappa shape index (κ3) is 6.28. The minimum absolute atomic E-state index is 0.0270. The normalized spacial score (nSPS) is 12.9. The predicted octanol–water partition coefficient (Wildman–Crippen LogP) is 1.69. The van der Waals surface area contributed by atoms with E-state index in [2.05, 4.69) is 10.6 Å². The number of nitrogens with two attached hydrogens (primary N) is 1. The number of hydrogen-bond acceptors (Lipinski definition) is 4. The van der Waals surface area contributed by atoms with Crippen LogP contribution in [-0.2, 0) is 11.2 Å². The number of amides is 3. The second-order valence-electron chi connectivity index (χ2n) is 6.75. The number of methoxy groups -OCH3 is 1. The maximum absolute atomic E-state index is 12.7. The molecule has 7 nitrogen and oxygen atoms in total. The van der Waals surface area contributed by atoms with Gasteiger partial charge < -0.3 is 26.0 Å². The van der Waals surface area contributed by atoms with Gasteiger partial charge in [0.05, 0.1) is 13.2 Å². The Morgan fingerprint density at radius 3 is 2.25 bits per heavy atom. The smallest absolute Gasteiger partial charge is 0.312 e. The largest absolute Gasteiger partial charge is 0.497 e. The summed E-state index contributed by atoms with van der Waals surface area (Å²) in [7, 11) is 5.52. The number of nitrogens with zero attached hydrogens (tertiary/aromatic N) is 1. The van der Waals surface area contributed by atoms with Gasteiger partial charge in [0.25, 0.3) is 0 Å². The second-order valence-corrected chi connectivity index (χ2v) is 6.75. The molecule has 0 aliphatic rings. The molecule has 0 fully saturated rings. The Bertz CT molecular complexity index is 763. The van der Waals surface area contributed by atoms with Gasteiger partial charge in [-0.1, -0.05) is 42.5 Å². The molecule has 0 aromatic heterocycles. The van der Waals surface area contributed by atoms with E-state index >= 15 is 0 Å². The van der Waals surface area contributed by atoms with Crippen molar-refractivity contribution in [2.45, 2.75) is 18.5 Å². The molecule has 7 heteroatoms. The fourth-order valence-electron chi connectivity index (χ4n) is 2.98. The van der Waals surface area contributed by atoms with Crippen LogP contribution < -0.4 is 21.1 Å². The molecule has 0 aliphatic carbocycles. The quantitative estimate of drug-likeness (QED) is 0.613. The van der Waals surface area contributed by atoms with Crippen molar-refractivity contribution >= 4 is 11.9 Å². The number of rotatable bonds is 9. The molecule has 150 valence electrons. The number of carbonyl (C=O) groups excluding carboxylic acids is 2. The fraction of sp³-hybridized carbons (Fsp3) is 0.333. The van der Waals surface area contributed by atoms with Crippen LogP contribution in [0.25, 0.3) is 0 Å². The van der Waals surface area contributed by atoms with Crippen molar-refractivity contribution in [3.8, 4) is 5.75 Å². The maximum atomic E-state index is 12.7. The van der Waals surface area contributed by atoms with Crippen molar-refractivity contribution in [3.63, 3.8) is 0 Å². The summed E-state index contributed by atoms with van der Waals surface area (Å²) in [6, 6.07) is 15.7. The first kappa shape index (κ1) is 21.2. The number of ether oxygens (including phenoxy) is 1. The lowest BCUT2D eigenvalue weighted by Crippen LogP contribution is -2.50. The standard InChI is InChI=1S/C21H28N4O3/c1-25(2)19(16-9-11-17(28-3)12-10-16)14-23-20(26)18(24-21(22)27)13-15-7-5-4-6-8-15/h4-12,18-19H,13-14H2,1-3H3,(H,23,26)(H3,22,24,27)/t18-,19-/m1/s1. The minimum atomic E-state index is -0.737. The van der Waals surface area contributed by atoms with E-state index in [0.29, 0.717) is 13.0 Å². The highest BCUT2D eigenvalue weighted by Gasteiger charge is 2.22. The van der Waals surface area contributed by atoms with Gasteiger partial charge in [-0.15, -0.1) is 0 Å². The number of primary amides is 1. The average Bonchev–Trinajstić information content (AvgIpc) is 2.68. The van der Waals surface area contributed by atoms with Gasteiger partial charge in [-0.2, -0.15) is 0 Å². The van der Waals surface area contributed by atoms with E-state index in [1.807, 2.05) is 73.6 Å². The van der Waals surface area contributed by atoms with Gasteiger partial charge in [-0.3, -0.25) is 4.79 Å². The Kier molecular flexibility index (Phi) is 7.83. The van der Waals surface area contributed by atoms with Crippen molar-refractivity contribution in [2.75, 3.05) is 27.7 Å². The molecule has 0 unspecified atom stereocenters. The van der Waals surface area contributed by atoms with Crippen LogP contribution in [0.3, 0.4) is 0 Å². The van der Waals surface area contributed by atoms with Crippen LogP contribution in [0.4, 0.5) is 4.79 Å². The molecule has 0 aliphatic heterocycles. The zero-order valence-corrected chi connectivity index (χ0v) is 16.5. The lowest BCUT2D eigenvalue weighted by atomic mass is 10.0. The van der Waals surface area contributed by atoms with E-state index in [4.69, 9.17) is 10.5 Å². The Morgan fingerprint density at radius 1 is 1.07 bits per heavy atom. The predicted molar refractivity (Wildman–Crippen MR) is 109 cm³/mol. The van der Waals surface area contributed by atoms with Crippen LogP contribution in [0.15, 0.2) is 54.6 Å². The van der Waals surface area contributed by atoms with Crippen molar-refractivity contribution in [3.05, 3.63) is 65.7 Å². The molecular formula is C21H28N4O3. The monoisotopic (exact) mass is 384 g/mol. The zero-order chi connectivity index (χ0) is 20.5. The second kappa shape index (κ2) is 10.3. The molecule has 0 saturated heterocycles. The number of likely N-dealkylation sites (N-methyl/N-ethyl adjacent to an activating group) is 1. The van der Waals surface area contributed by atoms with Gasteiger partial charge in [0.1, 0.15) is 11.8 Å². The Labute approximate surface area is 165 Å². The zero-order valence-electron chi connectivity index (χ0n) is 16.5. The first-order valence-electron chi connectivity index (χ1n) is 9.08. The summed E-state index contributed by atoms with van der Waals surface area (Å²) < 4.78 is 5.20. The Morgan fingerprint density at radius 2 is 1.71 bits per heavy atom. The van der Waals surface area contributed by atoms with E-state index in [-0.39, 0.29) is 11.9 Å². The maximum Gasteiger partial charge on any atom is 0.312 e. The van der Waals surface area contributed by atoms with Crippen molar-refractivity contribution in [1.29, 1.82) is 0 Å². The highest BCUT2D eigenvalue weighted by atomic mass is 16.5. The molecule has 2 aromatic carbocycles. The van der Waals surface area contributed by atoms with Gasteiger partial charge in [-0.05, 0) is 37.4 Å². The highest BCUT2D eigenvalue weighted by Crippen LogP contribution is 2.20. The molecule has 0 spiro atoms. The van der Waals surface area contributed by atoms with E-state index in [0.717, 1.165) is 16.9 Å². The molecule has 3 amide bonds. The first-order chi connectivity index (χ1) is 13.4. The molecule has 4 N–H and O–H groups in total. The summed E-state index contributed by atoms with van der Waals surface area (Å²) in [4.78, 5) is 26.1. The lowest BCUT2D eigenvalue weighted by Gasteiger charge is -2.26. The van der Waals surface area contributed by atoms with Gasteiger partial charge >= 0.3 is 6.03 Å². The third-order valence-corrected chi connectivity index (χ3v) is 4.51. The van der Waals surface area contributed by atoms with Crippen LogP contribution >= 0.6 is 0 Å². The number of carbonyl (C=O) groups is 2. The summed E-state index contributed by atoms with van der Waals surface area (Å²) in [5.41, 5.74) is 7.25. The van der Waals surface area contributed by atoms with Crippen molar-refractivity contribution in [1.82, 2.24) is 15.5 Å². The molecule has 2 aromatic rings. The Hall–Kier alpha value is -3.06. The van der Waals surface area contributed by atoms with Crippen molar-refractivity contribution in [2.24, 2.45) is 5.73 Å². The van der Waals surface area contributed by atoms with Crippen LogP contribution in [-0.4, -0.2) is 50.6 Å². The van der Waals surface area contributed by atoms with E-state index in [1.54, 1.807) is 7.11 Å². The molecule has 0 heterocycles. The number of hydrogen-bond donors (Lipinski definition) is 3. The molecule has 2 atom stereocenters. The lowest BCUT2D eigenvalue weighted by molar-refractivity contribution is -0.123. The van der Waals surface area contributed by atoms with Gasteiger partial charge in [-0.25, -0.2) is 4.79 Å². The van der Waals surface area contributed by atoms with Crippen LogP contribution in [0, 0.1) is 0 Å². The first-order valence-corrected chi connectivity index (χ1v) is 9.08. The van der Waals surface area contributed by atoms with Crippen LogP contribution in [0.1, 0.15) is 17.2 Å². The summed E-state index contributed by atoms with van der Waals surface area (Å²) in [5, 5.41) is 5.47. The topological polar surface area (TPSA) is 96.7 Å². The molecule has 2 rings (SSSR count). The molecule has 0 saturated carbocycles. The van der Waals surface area contributed by atoms with Gasteiger partial charge in [0, 0.05) is 13.0 Å². The molecule has 0 bridgehead atoms. The van der Waals surface area contributed by atoms with E-state index in [9.17, 15) is 9.59 Å². The summed E-state index contributed by atoms with van der Waals surface area (Å²) >= 11 is 0. The summed E-state index contributed by atoms with van der Waals surface area (Å²) in [6.07, 6.45) is 0.366. The minimum Gasteiger partial charge on any atom is -0.497 e. The number of urea groups is 1. The number of benzene rings is 2. The average molecular weight is 384 g/mol. The van der Waals surface area contributed by atoms with Crippen molar-refractivity contribution < 1.29 is 14.3 Å². The van der Waals surface area contributed by atoms with Crippen LogP contribution in [0.5, 0.6) is 5.75 Å². The summed E-state index contributed by atoms with van der Waals surface area (Å²) in [5.74, 6) is 0.502. The molecular weight excluding hydrogens is 356 g/mol. The van der Waals surface area contributed by atoms with Gasteiger partial charge in [0.15, 0.2) is 0 Å².